The van der Waals surface area contributed by atoms with Gasteiger partial charge in [-0.3, -0.25) is 9.59 Å². The average molecular weight is 399 g/mol. The Morgan fingerprint density at radius 2 is 1.62 bits per heavy atom. The minimum absolute atomic E-state index is 0.00995. The number of benzene rings is 2. The van der Waals surface area contributed by atoms with Crippen LogP contribution < -0.4 is 10.1 Å². The molecule has 0 unspecified atom stereocenters. The Bertz CT molecular complexity index is 890. The van der Waals surface area contributed by atoms with Crippen LogP contribution >= 0.6 is 0 Å². The predicted octanol–water partition coefficient (Wildman–Crippen LogP) is 2.63. The smallest absolute Gasteiger partial charge is 0.344 e. The van der Waals surface area contributed by atoms with Crippen molar-refractivity contribution in [3.63, 3.8) is 0 Å². The van der Waals surface area contributed by atoms with Crippen molar-refractivity contribution in [1.29, 1.82) is 0 Å². The van der Waals surface area contributed by atoms with Gasteiger partial charge in [-0.25, -0.2) is 9.59 Å². The van der Waals surface area contributed by atoms with E-state index in [4.69, 9.17) is 9.47 Å². The van der Waals surface area contributed by atoms with E-state index < -0.39 is 31.1 Å². The summed E-state index contributed by atoms with van der Waals surface area (Å²) in [5.41, 5.74) is 0.993. The topological polar surface area (TPSA) is 108 Å². The summed E-state index contributed by atoms with van der Waals surface area (Å²) in [4.78, 5) is 47.0. The number of carbonyl (C=O) groups excluding carboxylic acids is 4. The summed E-state index contributed by atoms with van der Waals surface area (Å²) in [6.07, 6.45) is 0.401. The first kappa shape index (κ1) is 21.6. The largest absolute Gasteiger partial charge is 0.482 e. The lowest BCUT2D eigenvalue weighted by atomic mass is 10.1. The Kier molecular flexibility index (Phi) is 7.90. The fourth-order valence-electron chi connectivity index (χ4n) is 2.34. The first-order chi connectivity index (χ1) is 13.9. The van der Waals surface area contributed by atoms with Gasteiger partial charge in [-0.2, -0.15) is 0 Å². The molecule has 0 aliphatic carbocycles. The average Bonchev–Trinajstić information content (AvgIpc) is 2.75. The number of Topliss-reactive ketones (excluding diaryl/α,β-unsaturated/α-hetero) is 1. The summed E-state index contributed by atoms with van der Waals surface area (Å²) < 4.78 is 14.8. The lowest BCUT2D eigenvalue weighted by Crippen LogP contribution is -2.24. The lowest BCUT2D eigenvalue weighted by molar-refractivity contribution is -0.149. The van der Waals surface area contributed by atoms with Gasteiger partial charge in [-0.05, 0) is 36.4 Å². The number of carbonyl (C=O) groups is 4. The van der Waals surface area contributed by atoms with E-state index >= 15 is 0 Å². The molecule has 2 aromatic carbocycles. The number of ketones is 1. The molecule has 0 fully saturated rings. The molecule has 2 aromatic rings. The monoisotopic (exact) mass is 399 g/mol. The molecular weight excluding hydrogens is 378 g/mol. The predicted molar refractivity (Wildman–Crippen MR) is 104 cm³/mol. The van der Waals surface area contributed by atoms with Crippen molar-refractivity contribution in [2.45, 2.75) is 13.3 Å². The standard InChI is InChI=1S/C21H21NO7/c1-3-18(23)14-8-10-15(11-9-14)28-13-20(25)29-12-19(24)22-17-7-5-4-6-16(17)21(26)27-2/h4-11H,3,12-13H2,1-2H3,(H,22,24). The normalized spacial score (nSPS) is 10.0. The number of esters is 2. The second-order valence-electron chi connectivity index (χ2n) is 5.84. The fraction of sp³-hybridized carbons (Fsp3) is 0.238. The maximum absolute atomic E-state index is 12.0. The van der Waals surface area contributed by atoms with Gasteiger partial charge in [-0.15, -0.1) is 0 Å². The molecule has 0 radical (unpaired) electrons. The van der Waals surface area contributed by atoms with Crippen molar-refractivity contribution >= 4 is 29.3 Å². The number of hydrogen-bond donors (Lipinski definition) is 1. The van der Waals surface area contributed by atoms with Crippen LogP contribution in [0.5, 0.6) is 5.75 Å². The lowest BCUT2D eigenvalue weighted by Gasteiger charge is -2.10. The fourth-order valence-corrected chi connectivity index (χ4v) is 2.34. The summed E-state index contributed by atoms with van der Waals surface area (Å²) in [5, 5.41) is 2.49. The Balaban J connectivity index is 1.80. The minimum Gasteiger partial charge on any atom is -0.482 e. The number of rotatable bonds is 9. The van der Waals surface area contributed by atoms with Crippen molar-refractivity contribution in [1.82, 2.24) is 0 Å². The molecular formula is C21H21NO7. The van der Waals surface area contributed by atoms with Crippen molar-refractivity contribution in [3.05, 3.63) is 59.7 Å². The number of nitrogens with one attached hydrogen (secondary N) is 1. The summed E-state index contributed by atoms with van der Waals surface area (Å²) >= 11 is 0. The van der Waals surface area contributed by atoms with Gasteiger partial charge in [-0.1, -0.05) is 19.1 Å². The van der Waals surface area contributed by atoms with Crippen LogP contribution in [0.25, 0.3) is 0 Å². The van der Waals surface area contributed by atoms with E-state index in [0.29, 0.717) is 17.7 Å². The molecule has 29 heavy (non-hydrogen) atoms. The van der Waals surface area contributed by atoms with Crippen LogP contribution in [0.4, 0.5) is 5.69 Å². The van der Waals surface area contributed by atoms with Gasteiger partial charge in [0.2, 0.25) is 0 Å². The number of hydrogen-bond acceptors (Lipinski definition) is 7. The third-order valence-electron chi connectivity index (χ3n) is 3.82. The Morgan fingerprint density at radius 1 is 0.931 bits per heavy atom. The minimum atomic E-state index is -0.741. The van der Waals surface area contributed by atoms with E-state index in [2.05, 4.69) is 10.1 Å². The molecule has 0 aliphatic heterocycles. The van der Waals surface area contributed by atoms with Crippen molar-refractivity contribution < 1.29 is 33.4 Å². The highest BCUT2D eigenvalue weighted by Crippen LogP contribution is 2.16. The zero-order valence-corrected chi connectivity index (χ0v) is 16.1. The van der Waals surface area contributed by atoms with E-state index in [-0.39, 0.29) is 17.0 Å². The summed E-state index contributed by atoms with van der Waals surface area (Å²) in [7, 11) is 1.23. The third-order valence-corrected chi connectivity index (χ3v) is 3.82. The van der Waals surface area contributed by atoms with E-state index in [9.17, 15) is 19.2 Å². The van der Waals surface area contributed by atoms with Crippen LogP contribution in [0.3, 0.4) is 0 Å². The molecule has 1 amide bonds. The van der Waals surface area contributed by atoms with Crippen LogP contribution in [-0.2, 0) is 19.1 Å². The summed E-state index contributed by atoms with van der Waals surface area (Å²) in [6, 6.07) is 12.7. The van der Waals surface area contributed by atoms with Gasteiger partial charge in [0, 0.05) is 12.0 Å². The maximum atomic E-state index is 12.0. The number of methoxy groups -OCH3 is 1. The number of para-hydroxylation sites is 1. The molecule has 8 heteroatoms. The SMILES string of the molecule is CCC(=O)c1ccc(OCC(=O)OCC(=O)Nc2ccccc2C(=O)OC)cc1. The molecule has 152 valence electrons. The van der Waals surface area contributed by atoms with E-state index in [1.807, 2.05) is 0 Å². The Hall–Kier alpha value is -3.68. The van der Waals surface area contributed by atoms with Gasteiger partial charge in [0.05, 0.1) is 18.4 Å². The quantitative estimate of drug-likeness (QED) is 0.510. The van der Waals surface area contributed by atoms with Gasteiger partial charge in [0.15, 0.2) is 19.0 Å². The van der Waals surface area contributed by atoms with Crippen LogP contribution in [0.15, 0.2) is 48.5 Å². The third kappa shape index (κ3) is 6.46. The Labute approximate surface area is 167 Å². The van der Waals surface area contributed by atoms with Crippen molar-refractivity contribution in [3.8, 4) is 5.75 Å². The second-order valence-corrected chi connectivity index (χ2v) is 5.84. The maximum Gasteiger partial charge on any atom is 0.344 e. The molecule has 0 saturated heterocycles. The molecule has 0 aromatic heterocycles. The zero-order chi connectivity index (χ0) is 21.2. The molecule has 0 bridgehead atoms. The summed E-state index contributed by atoms with van der Waals surface area (Å²) in [5.74, 6) is -1.55. The first-order valence-corrected chi connectivity index (χ1v) is 8.83. The highest BCUT2D eigenvalue weighted by atomic mass is 16.6. The van der Waals surface area contributed by atoms with E-state index in [1.54, 1.807) is 43.3 Å². The van der Waals surface area contributed by atoms with E-state index in [1.165, 1.54) is 19.2 Å². The van der Waals surface area contributed by atoms with Crippen LogP contribution in [0.1, 0.15) is 34.1 Å². The second kappa shape index (κ2) is 10.6. The molecule has 2 rings (SSSR count). The molecule has 8 nitrogen and oxygen atoms in total. The van der Waals surface area contributed by atoms with Gasteiger partial charge in [0.25, 0.3) is 5.91 Å². The number of amides is 1. The van der Waals surface area contributed by atoms with Gasteiger partial charge < -0.3 is 19.5 Å². The van der Waals surface area contributed by atoms with Crippen molar-refractivity contribution in [2.24, 2.45) is 0 Å². The number of ether oxygens (including phenoxy) is 3. The molecule has 0 heterocycles. The molecule has 1 N–H and O–H groups in total. The van der Waals surface area contributed by atoms with Crippen molar-refractivity contribution in [2.75, 3.05) is 25.6 Å². The highest BCUT2D eigenvalue weighted by Gasteiger charge is 2.14. The van der Waals surface area contributed by atoms with Crippen LogP contribution in [0.2, 0.25) is 0 Å². The van der Waals surface area contributed by atoms with Crippen LogP contribution in [-0.4, -0.2) is 44.0 Å². The molecule has 0 aliphatic rings. The van der Waals surface area contributed by atoms with Gasteiger partial charge in [0.1, 0.15) is 5.75 Å². The molecule has 0 spiro atoms. The summed E-state index contributed by atoms with van der Waals surface area (Å²) in [6.45, 7) is 0.835. The van der Waals surface area contributed by atoms with Gasteiger partial charge >= 0.3 is 11.9 Å². The van der Waals surface area contributed by atoms with E-state index in [0.717, 1.165) is 0 Å². The molecule has 0 saturated carbocycles. The number of anilines is 1. The van der Waals surface area contributed by atoms with Crippen LogP contribution in [0, 0.1) is 0 Å². The highest BCUT2D eigenvalue weighted by molar-refractivity contribution is 6.01. The molecule has 0 atom stereocenters. The first-order valence-electron chi connectivity index (χ1n) is 8.83. The Morgan fingerprint density at radius 3 is 2.28 bits per heavy atom. The zero-order valence-electron chi connectivity index (χ0n) is 16.1.